The molecule has 1 aliphatic carbocycles. The Balaban J connectivity index is 2.33. The smallest absolute Gasteiger partial charge is 0.241 e. The summed E-state index contributed by atoms with van der Waals surface area (Å²) >= 11 is 5.81. The van der Waals surface area contributed by atoms with Gasteiger partial charge in [-0.05, 0) is 31.0 Å². The van der Waals surface area contributed by atoms with E-state index in [2.05, 4.69) is 4.72 Å². The van der Waals surface area contributed by atoms with Gasteiger partial charge in [0.25, 0.3) is 0 Å². The maximum Gasteiger partial charge on any atom is 0.241 e. The van der Waals surface area contributed by atoms with Gasteiger partial charge >= 0.3 is 0 Å². The van der Waals surface area contributed by atoms with Crippen LogP contribution in [-0.4, -0.2) is 20.5 Å². The Labute approximate surface area is 123 Å². The van der Waals surface area contributed by atoms with E-state index in [-0.39, 0.29) is 22.0 Å². The van der Waals surface area contributed by atoms with Gasteiger partial charge in [0.1, 0.15) is 6.07 Å². The number of halogens is 1. The van der Waals surface area contributed by atoms with Crippen LogP contribution in [0.1, 0.15) is 31.2 Å². The molecule has 1 fully saturated rings. The monoisotopic (exact) mass is 313 g/mol. The van der Waals surface area contributed by atoms with Gasteiger partial charge in [-0.15, -0.1) is 0 Å². The zero-order valence-electron chi connectivity index (χ0n) is 10.9. The van der Waals surface area contributed by atoms with Gasteiger partial charge < -0.3 is 5.73 Å². The molecule has 5 nitrogen and oxygen atoms in total. The van der Waals surface area contributed by atoms with E-state index in [0.29, 0.717) is 0 Å². The minimum Gasteiger partial charge on any atom is -0.329 e. The van der Waals surface area contributed by atoms with Crippen LogP contribution in [0.4, 0.5) is 0 Å². The predicted octanol–water partition coefficient (Wildman–Crippen LogP) is 1.76. The molecule has 1 aromatic rings. The van der Waals surface area contributed by atoms with Crippen molar-refractivity contribution in [2.75, 3.05) is 6.54 Å². The average molecular weight is 314 g/mol. The third-order valence-electron chi connectivity index (χ3n) is 3.67. The van der Waals surface area contributed by atoms with E-state index >= 15 is 0 Å². The van der Waals surface area contributed by atoms with Crippen molar-refractivity contribution >= 4 is 21.6 Å². The second-order valence-corrected chi connectivity index (χ2v) is 7.14. The maximum absolute atomic E-state index is 12.4. The summed E-state index contributed by atoms with van der Waals surface area (Å²) in [7, 11) is -3.70. The van der Waals surface area contributed by atoms with Gasteiger partial charge in [-0.2, -0.15) is 5.26 Å². The van der Waals surface area contributed by atoms with Crippen LogP contribution in [0.15, 0.2) is 23.1 Å². The molecule has 7 heteroatoms. The molecule has 0 amide bonds. The lowest BCUT2D eigenvalue weighted by Gasteiger charge is -2.28. The lowest BCUT2D eigenvalue weighted by molar-refractivity contribution is 0.399. The molecule has 1 saturated carbocycles. The van der Waals surface area contributed by atoms with Gasteiger partial charge in [-0.3, -0.25) is 0 Å². The van der Waals surface area contributed by atoms with Crippen molar-refractivity contribution in [1.29, 1.82) is 5.26 Å². The molecular weight excluding hydrogens is 298 g/mol. The lowest BCUT2D eigenvalue weighted by atomic mass is 10.0. The van der Waals surface area contributed by atoms with Crippen molar-refractivity contribution < 1.29 is 8.42 Å². The van der Waals surface area contributed by atoms with Crippen LogP contribution in [-0.2, 0) is 10.0 Å². The summed E-state index contributed by atoms with van der Waals surface area (Å²) in [4.78, 5) is 0.0400. The van der Waals surface area contributed by atoms with E-state index in [1.165, 1.54) is 18.2 Å². The first-order chi connectivity index (χ1) is 9.42. The highest BCUT2D eigenvalue weighted by molar-refractivity contribution is 7.89. The highest BCUT2D eigenvalue weighted by Crippen LogP contribution is 2.30. The minimum absolute atomic E-state index is 0.0400. The molecule has 0 atom stereocenters. The van der Waals surface area contributed by atoms with Crippen LogP contribution in [0.3, 0.4) is 0 Å². The van der Waals surface area contributed by atoms with Gasteiger partial charge in [0.05, 0.1) is 15.5 Å². The average Bonchev–Trinajstić information content (AvgIpc) is 2.87. The molecule has 0 aromatic heterocycles. The van der Waals surface area contributed by atoms with E-state index in [0.717, 1.165) is 25.7 Å². The lowest BCUT2D eigenvalue weighted by Crippen LogP contribution is -2.51. The van der Waals surface area contributed by atoms with E-state index < -0.39 is 15.6 Å². The number of nitrogens with one attached hydrogen (secondary N) is 1. The van der Waals surface area contributed by atoms with Crippen molar-refractivity contribution in [3.05, 3.63) is 28.8 Å². The van der Waals surface area contributed by atoms with Crippen molar-refractivity contribution in [2.24, 2.45) is 5.73 Å². The molecule has 1 aromatic carbocycles. The fourth-order valence-electron chi connectivity index (χ4n) is 2.50. The third kappa shape index (κ3) is 2.96. The van der Waals surface area contributed by atoms with Crippen LogP contribution >= 0.6 is 11.6 Å². The number of rotatable bonds is 4. The summed E-state index contributed by atoms with van der Waals surface area (Å²) in [5, 5.41) is 9.16. The summed E-state index contributed by atoms with van der Waals surface area (Å²) in [6, 6.07) is 5.97. The van der Waals surface area contributed by atoms with E-state index in [1.54, 1.807) is 0 Å². The van der Waals surface area contributed by atoms with Gasteiger partial charge in [0.15, 0.2) is 0 Å². The van der Waals surface area contributed by atoms with Gasteiger partial charge in [-0.25, -0.2) is 13.1 Å². The fourth-order valence-corrected chi connectivity index (χ4v) is 4.16. The molecule has 0 aliphatic heterocycles. The number of sulfonamides is 1. The Morgan fingerprint density at radius 3 is 2.60 bits per heavy atom. The maximum atomic E-state index is 12.4. The Kier molecular flexibility index (Phi) is 4.35. The molecule has 0 spiro atoms. The number of nitrogens with two attached hydrogens (primary N) is 1. The Morgan fingerprint density at radius 1 is 1.40 bits per heavy atom. The molecule has 0 unspecified atom stereocenters. The van der Waals surface area contributed by atoms with Crippen molar-refractivity contribution in [1.82, 2.24) is 4.72 Å². The first-order valence-corrected chi connectivity index (χ1v) is 8.22. The number of nitrogens with zero attached hydrogens (tertiary/aromatic N) is 1. The predicted molar refractivity (Wildman–Crippen MR) is 76.7 cm³/mol. The summed E-state index contributed by atoms with van der Waals surface area (Å²) < 4.78 is 27.5. The number of benzene rings is 1. The molecule has 0 heterocycles. The minimum atomic E-state index is -3.70. The van der Waals surface area contributed by atoms with E-state index in [1.807, 2.05) is 6.07 Å². The number of hydrogen-bond donors (Lipinski definition) is 2. The first-order valence-electron chi connectivity index (χ1n) is 6.36. The topological polar surface area (TPSA) is 96.0 Å². The summed E-state index contributed by atoms with van der Waals surface area (Å²) in [5.41, 5.74) is 5.31. The molecular formula is C13H16ClN3O2S. The SMILES string of the molecule is N#Cc1cc(S(=O)(=O)NC2(CN)CCCC2)ccc1Cl. The zero-order chi connectivity index (χ0) is 14.8. The Bertz CT molecular complexity index is 646. The Morgan fingerprint density at radius 2 is 2.05 bits per heavy atom. The van der Waals surface area contributed by atoms with E-state index in [4.69, 9.17) is 22.6 Å². The van der Waals surface area contributed by atoms with Crippen molar-refractivity contribution in [3.63, 3.8) is 0 Å². The fraction of sp³-hybridized carbons (Fsp3) is 0.462. The van der Waals surface area contributed by atoms with Gasteiger partial charge in [0, 0.05) is 12.1 Å². The van der Waals surface area contributed by atoms with Crippen molar-refractivity contribution in [3.8, 4) is 6.07 Å². The van der Waals surface area contributed by atoms with Gasteiger partial charge in [-0.1, -0.05) is 24.4 Å². The number of hydrogen-bond acceptors (Lipinski definition) is 4. The van der Waals surface area contributed by atoms with E-state index in [9.17, 15) is 8.42 Å². The second kappa shape index (κ2) is 5.70. The molecule has 0 saturated heterocycles. The third-order valence-corrected chi connectivity index (χ3v) is 5.58. The van der Waals surface area contributed by atoms with Crippen molar-refractivity contribution in [2.45, 2.75) is 36.1 Å². The molecule has 0 radical (unpaired) electrons. The largest absolute Gasteiger partial charge is 0.329 e. The molecule has 108 valence electrons. The van der Waals surface area contributed by atoms with Crippen LogP contribution in [0.2, 0.25) is 5.02 Å². The molecule has 20 heavy (non-hydrogen) atoms. The highest BCUT2D eigenvalue weighted by atomic mass is 35.5. The normalized spacial score (nSPS) is 17.9. The zero-order valence-corrected chi connectivity index (χ0v) is 12.5. The molecule has 3 N–H and O–H groups in total. The first kappa shape index (κ1) is 15.3. The Hall–Kier alpha value is -1.13. The van der Waals surface area contributed by atoms with Gasteiger partial charge in [0.2, 0.25) is 10.0 Å². The van der Waals surface area contributed by atoms with Crippen LogP contribution in [0.25, 0.3) is 0 Å². The number of nitriles is 1. The van der Waals surface area contributed by atoms with Crippen LogP contribution in [0.5, 0.6) is 0 Å². The standard InChI is InChI=1S/C13H16ClN3O2S/c14-12-4-3-11(7-10(12)8-15)20(18,19)17-13(9-16)5-1-2-6-13/h3-4,7,17H,1-2,5-6,9,16H2. The molecule has 2 rings (SSSR count). The molecule has 0 bridgehead atoms. The second-order valence-electron chi connectivity index (χ2n) is 5.05. The summed E-state index contributed by atoms with van der Waals surface area (Å²) in [6.07, 6.45) is 3.40. The highest BCUT2D eigenvalue weighted by Gasteiger charge is 2.36. The summed E-state index contributed by atoms with van der Waals surface area (Å²) in [6.45, 7) is 0.269. The van der Waals surface area contributed by atoms with Crippen LogP contribution < -0.4 is 10.5 Å². The van der Waals surface area contributed by atoms with Crippen LogP contribution in [0, 0.1) is 11.3 Å². The quantitative estimate of drug-likeness (QED) is 0.885. The molecule has 1 aliphatic rings. The summed E-state index contributed by atoms with van der Waals surface area (Å²) in [5.74, 6) is 0.